The second kappa shape index (κ2) is 11.0. The van der Waals surface area contributed by atoms with Gasteiger partial charge in [-0.3, -0.25) is 14.6 Å². The Hall–Kier alpha value is -3.98. The van der Waals surface area contributed by atoms with E-state index in [1.165, 1.54) is 29.6 Å². The Balaban J connectivity index is 1.11. The molecule has 0 unspecified atom stereocenters. The molecule has 1 saturated heterocycles. The smallest absolute Gasteiger partial charge is 0.259 e. The third kappa shape index (κ3) is 5.31. The summed E-state index contributed by atoms with van der Waals surface area (Å²) in [5, 5.41) is 0.549. The first-order valence-electron chi connectivity index (χ1n) is 13.1. The molecule has 9 heteroatoms. The maximum Gasteiger partial charge on any atom is 0.259 e. The van der Waals surface area contributed by atoms with E-state index in [2.05, 4.69) is 17.0 Å². The van der Waals surface area contributed by atoms with E-state index < -0.39 is 6.04 Å². The van der Waals surface area contributed by atoms with Crippen LogP contribution in [0.1, 0.15) is 24.0 Å². The van der Waals surface area contributed by atoms with Crippen LogP contribution in [0.5, 0.6) is 0 Å². The molecule has 7 nitrogen and oxygen atoms in total. The van der Waals surface area contributed by atoms with E-state index >= 15 is 0 Å². The third-order valence-electron chi connectivity index (χ3n) is 7.21. The van der Waals surface area contributed by atoms with Crippen molar-refractivity contribution in [2.45, 2.75) is 24.6 Å². The fourth-order valence-electron chi connectivity index (χ4n) is 5.09. The van der Waals surface area contributed by atoms with Crippen LogP contribution in [0, 0.1) is 5.82 Å². The van der Waals surface area contributed by atoms with Gasteiger partial charge in [0, 0.05) is 49.6 Å². The van der Waals surface area contributed by atoms with Crippen LogP contribution in [0.2, 0.25) is 0 Å². The number of benzene rings is 3. The van der Waals surface area contributed by atoms with Crippen molar-refractivity contribution in [2.75, 3.05) is 31.1 Å². The van der Waals surface area contributed by atoms with Crippen LogP contribution in [0.15, 0.2) is 88.8 Å². The van der Waals surface area contributed by atoms with Gasteiger partial charge in [0.15, 0.2) is 5.17 Å². The molecule has 0 N–H and O–H groups in total. The first-order chi connectivity index (χ1) is 19.1. The number of hydrogen-bond donors (Lipinski definition) is 0. The maximum atomic E-state index is 13.5. The van der Waals surface area contributed by atoms with E-state index in [4.69, 9.17) is 9.98 Å². The van der Waals surface area contributed by atoms with E-state index in [0.717, 1.165) is 29.9 Å². The molecule has 198 valence electrons. The van der Waals surface area contributed by atoms with Crippen LogP contribution in [0.3, 0.4) is 0 Å². The zero-order chi connectivity index (χ0) is 26.8. The van der Waals surface area contributed by atoms with Gasteiger partial charge in [-0.1, -0.05) is 54.2 Å². The normalized spacial score (nSPS) is 18.4. The van der Waals surface area contributed by atoms with Gasteiger partial charge in [0.25, 0.3) is 5.91 Å². The molecule has 0 bridgehead atoms. The average Bonchev–Trinajstić information content (AvgIpc) is 3.32. The van der Waals surface area contributed by atoms with Crippen molar-refractivity contribution in [2.24, 2.45) is 9.98 Å². The van der Waals surface area contributed by atoms with Gasteiger partial charge in [-0.15, -0.1) is 0 Å². The molecule has 39 heavy (non-hydrogen) atoms. The minimum absolute atomic E-state index is 0.0561. The summed E-state index contributed by atoms with van der Waals surface area (Å²) in [6, 6.07) is 23.5. The predicted octanol–water partition coefficient (Wildman–Crippen LogP) is 4.85. The van der Waals surface area contributed by atoms with Gasteiger partial charge >= 0.3 is 0 Å². The monoisotopic (exact) mass is 541 g/mol. The number of amides is 2. The number of nitrogens with zero attached hydrogens (tertiary/aromatic N) is 5. The molecule has 1 fully saturated rings. The zero-order valence-electron chi connectivity index (χ0n) is 21.4. The van der Waals surface area contributed by atoms with Gasteiger partial charge in [-0.05, 0) is 48.4 Å². The number of carbonyl (C=O) groups is 2. The maximum absolute atomic E-state index is 13.5. The molecule has 3 aromatic rings. The highest BCUT2D eigenvalue weighted by molar-refractivity contribution is 8.13. The van der Waals surface area contributed by atoms with Crippen LogP contribution in [-0.4, -0.2) is 64.8 Å². The highest BCUT2D eigenvalue weighted by Crippen LogP contribution is 2.35. The van der Waals surface area contributed by atoms with Crippen molar-refractivity contribution in [1.29, 1.82) is 0 Å². The molecule has 1 atom stereocenters. The molecule has 0 aliphatic carbocycles. The highest BCUT2D eigenvalue weighted by atomic mass is 32.2. The third-order valence-corrected chi connectivity index (χ3v) is 8.22. The lowest BCUT2D eigenvalue weighted by molar-refractivity contribution is -0.131. The molecule has 2 amide bonds. The Bertz CT molecular complexity index is 1440. The second-order valence-corrected chi connectivity index (χ2v) is 10.7. The summed E-state index contributed by atoms with van der Waals surface area (Å²) in [5.74, 6) is 0.733. The fraction of sp³-hybridized carbons (Fsp3) is 0.267. The molecular weight excluding hydrogens is 513 g/mol. The van der Waals surface area contributed by atoms with Crippen LogP contribution in [0.25, 0.3) is 0 Å². The van der Waals surface area contributed by atoms with Crippen molar-refractivity contribution < 1.29 is 14.0 Å². The van der Waals surface area contributed by atoms with Crippen LogP contribution in [0.4, 0.5) is 15.8 Å². The van der Waals surface area contributed by atoms with Gasteiger partial charge in [0.2, 0.25) is 5.91 Å². The minimum atomic E-state index is -0.627. The first-order valence-corrected chi connectivity index (χ1v) is 14.1. The van der Waals surface area contributed by atoms with Gasteiger partial charge < -0.3 is 9.80 Å². The summed E-state index contributed by atoms with van der Waals surface area (Å²) in [6.45, 7) is 2.90. The molecule has 3 aliphatic heterocycles. The summed E-state index contributed by atoms with van der Waals surface area (Å²) in [5.41, 5.74) is 3.67. The highest BCUT2D eigenvalue weighted by Gasteiger charge is 2.41. The van der Waals surface area contributed by atoms with E-state index in [9.17, 15) is 14.0 Å². The van der Waals surface area contributed by atoms with Crippen molar-refractivity contribution in [3.8, 4) is 0 Å². The van der Waals surface area contributed by atoms with Gasteiger partial charge in [-0.2, -0.15) is 0 Å². The number of piperazine rings is 1. The number of amidine groups is 2. The number of hydrogen-bond acceptors (Lipinski definition) is 6. The fourth-order valence-corrected chi connectivity index (χ4v) is 6.04. The number of rotatable bonds is 6. The number of thioether (sulfide) groups is 1. The lowest BCUT2D eigenvalue weighted by atomic mass is 10.1. The lowest BCUT2D eigenvalue weighted by Crippen LogP contribution is -2.49. The van der Waals surface area contributed by atoms with Gasteiger partial charge in [0.05, 0.1) is 5.69 Å². The topological polar surface area (TPSA) is 68.6 Å². The molecule has 3 aromatic carbocycles. The average molecular weight is 542 g/mol. The molecule has 0 saturated carbocycles. The largest absolute Gasteiger partial charge is 0.368 e. The SMILES string of the molecule is O=C(CC[C@H]1N=C2c3ccccc3N=C(SCc3ccc(F)cc3)N2C1=O)N1CCN(c2ccccc2)CC1. The van der Waals surface area contributed by atoms with Crippen molar-refractivity contribution in [3.63, 3.8) is 0 Å². The van der Waals surface area contributed by atoms with Gasteiger partial charge in [0.1, 0.15) is 17.7 Å². The summed E-state index contributed by atoms with van der Waals surface area (Å²) in [4.78, 5) is 41.9. The number of fused-ring (bicyclic) bond motifs is 3. The number of halogens is 1. The lowest BCUT2D eigenvalue weighted by Gasteiger charge is -2.36. The predicted molar refractivity (Wildman–Crippen MR) is 153 cm³/mol. The Kier molecular flexibility index (Phi) is 7.15. The van der Waals surface area contributed by atoms with E-state index in [-0.39, 0.29) is 24.1 Å². The van der Waals surface area contributed by atoms with E-state index in [0.29, 0.717) is 36.3 Å². The second-order valence-electron chi connectivity index (χ2n) is 9.71. The summed E-state index contributed by atoms with van der Waals surface area (Å²) >= 11 is 1.42. The number of anilines is 1. The molecule has 6 rings (SSSR count). The Labute approximate surface area is 231 Å². The quantitative estimate of drug-likeness (QED) is 0.448. The zero-order valence-corrected chi connectivity index (χ0v) is 22.2. The number of para-hydroxylation sites is 2. The van der Waals surface area contributed by atoms with E-state index in [1.54, 1.807) is 17.0 Å². The number of carbonyl (C=O) groups excluding carboxylic acids is 2. The molecule has 3 heterocycles. The Morgan fingerprint density at radius 3 is 2.41 bits per heavy atom. The molecule has 0 radical (unpaired) electrons. The van der Waals surface area contributed by atoms with Crippen LogP contribution < -0.4 is 4.90 Å². The first kappa shape index (κ1) is 25.3. The number of aliphatic imine (C=N–C) groups is 2. The standard InChI is InChI=1S/C30H28FN5O2S/c31-22-12-10-21(11-13-22)20-39-30-33-25-9-5-4-8-24(25)28-32-26(29(38)36(28)30)14-15-27(37)35-18-16-34(17-19-35)23-6-2-1-3-7-23/h1-13,26H,14-20H2/t26-/m1/s1. The van der Waals surface area contributed by atoms with Crippen molar-refractivity contribution in [1.82, 2.24) is 9.80 Å². The molecular formula is C30H28FN5O2S. The molecule has 0 spiro atoms. The summed E-state index contributed by atoms with van der Waals surface area (Å²) in [6.07, 6.45) is 0.623. The van der Waals surface area contributed by atoms with Gasteiger partial charge in [-0.25, -0.2) is 14.3 Å². The van der Waals surface area contributed by atoms with E-state index in [1.807, 2.05) is 47.4 Å². The van der Waals surface area contributed by atoms with Crippen LogP contribution in [-0.2, 0) is 15.3 Å². The summed E-state index contributed by atoms with van der Waals surface area (Å²) < 4.78 is 13.3. The summed E-state index contributed by atoms with van der Waals surface area (Å²) in [7, 11) is 0. The molecule has 3 aliphatic rings. The minimum Gasteiger partial charge on any atom is -0.368 e. The molecule has 0 aromatic heterocycles. The Morgan fingerprint density at radius 1 is 0.923 bits per heavy atom. The van der Waals surface area contributed by atoms with Crippen LogP contribution >= 0.6 is 11.8 Å². The van der Waals surface area contributed by atoms with Crippen molar-refractivity contribution in [3.05, 3.63) is 95.8 Å². The Morgan fingerprint density at radius 2 is 1.64 bits per heavy atom. The van der Waals surface area contributed by atoms with Crippen molar-refractivity contribution >= 4 is 46.0 Å².